The van der Waals surface area contributed by atoms with Crippen molar-refractivity contribution in [1.82, 2.24) is 14.7 Å². The maximum Gasteiger partial charge on any atom is 0.271 e. The zero-order valence-electron chi connectivity index (χ0n) is 14.8. The Balaban J connectivity index is 1.82. The van der Waals surface area contributed by atoms with Crippen LogP contribution in [-0.4, -0.2) is 34.8 Å². The summed E-state index contributed by atoms with van der Waals surface area (Å²) in [7, 11) is 2.09. The van der Waals surface area contributed by atoms with E-state index in [1.807, 2.05) is 36.4 Å². The van der Waals surface area contributed by atoms with E-state index in [4.69, 9.17) is 23.2 Å². The van der Waals surface area contributed by atoms with Gasteiger partial charge in [-0.15, -0.1) is 0 Å². The van der Waals surface area contributed by atoms with Gasteiger partial charge in [0.1, 0.15) is 0 Å². The number of hydrogen-bond acceptors (Lipinski definition) is 4. The molecular weight excluding hydrogens is 383 g/mol. The summed E-state index contributed by atoms with van der Waals surface area (Å²) in [6.07, 6.45) is 1.61. The van der Waals surface area contributed by atoms with Crippen LogP contribution in [0.2, 0.25) is 10.0 Å². The Morgan fingerprint density at radius 2 is 1.78 bits per heavy atom. The van der Waals surface area contributed by atoms with Crippen molar-refractivity contribution in [3.05, 3.63) is 80.7 Å². The summed E-state index contributed by atoms with van der Waals surface area (Å²) >= 11 is 12.3. The van der Waals surface area contributed by atoms with Gasteiger partial charge in [-0.2, -0.15) is 9.78 Å². The number of halogens is 2. The third-order valence-electron chi connectivity index (χ3n) is 4.67. The van der Waals surface area contributed by atoms with Crippen LogP contribution in [0.3, 0.4) is 0 Å². The number of benzene rings is 2. The van der Waals surface area contributed by atoms with Gasteiger partial charge >= 0.3 is 0 Å². The maximum atomic E-state index is 12.1. The number of rotatable bonds is 2. The third kappa shape index (κ3) is 3.58. The van der Waals surface area contributed by atoms with E-state index < -0.39 is 0 Å². The van der Waals surface area contributed by atoms with Crippen molar-refractivity contribution in [2.75, 3.05) is 25.0 Å². The molecule has 0 bridgehead atoms. The maximum absolute atomic E-state index is 12.1. The molecule has 1 aliphatic heterocycles. The van der Waals surface area contributed by atoms with Crippen molar-refractivity contribution < 1.29 is 0 Å². The average molecular weight is 401 g/mol. The van der Waals surface area contributed by atoms with Crippen LogP contribution in [0.15, 0.2) is 59.5 Å². The summed E-state index contributed by atoms with van der Waals surface area (Å²) in [6.45, 7) is 2.50. The molecule has 1 aliphatic rings. The van der Waals surface area contributed by atoms with Crippen LogP contribution in [0, 0.1) is 0 Å². The molecule has 2 aromatic carbocycles. The first-order chi connectivity index (χ1) is 13.0. The van der Waals surface area contributed by atoms with Crippen molar-refractivity contribution in [2.24, 2.45) is 0 Å². The van der Waals surface area contributed by atoms with E-state index >= 15 is 0 Å². The van der Waals surface area contributed by atoms with Crippen LogP contribution in [0.1, 0.15) is 5.56 Å². The van der Waals surface area contributed by atoms with E-state index in [9.17, 15) is 4.79 Å². The Morgan fingerprint density at radius 3 is 2.56 bits per heavy atom. The van der Waals surface area contributed by atoms with Gasteiger partial charge in [0, 0.05) is 43.3 Å². The Kier molecular flexibility index (Phi) is 4.91. The standard InChI is InChI=1S/C20H18Cl2N4O/c1-24-9-10-25(15-4-6-17(21)18(22)12-15)19-7-5-16(11-14(19)13-24)26-20(27)3-2-8-23-26/h2-8,11-12H,9-10,13H2,1H3. The van der Waals surface area contributed by atoms with Crippen molar-refractivity contribution in [3.8, 4) is 5.69 Å². The number of anilines is 2. The fourth-order valence-electron chi connectivity index (χ4n) is 3.33. The molecule has 1 aromatic heterocycles. The summed E-state index contributed by atoms with van der Waals surface area (Å²) < 4.78 is 1.41. The SMILES string of the molecule is CN1CCN(c2ccc(Cl)c(Cl)c2)c2ccc(-n3ncccc3=O)cc2C1. The molecule has 0 aliphatic carbocycles. The smallest absolute Gasteiger partial charge is 0.271 e. The van der Waals surface area contributed by atoms with E-state index in [-0.39, 0.29) is 5.56 Å². The summed E-state index contributed by atoms with van der Waals surface area (Å²) in [5.41, 5.74) is 3.80. The van der Waals surface area contributed by atoms with E-state index in [0.717, 1.165) is 42.3 Å². The minimum Gasteiger partial charge on any atom is -0.340 e. The monoisotopic (exact) mass is 400 g/mol. The largest absolute Gasteiger partial charge is 0.340 e. The lowest BCUT2D eigenvalue weighted by Gasteiger charge is -2.25. The van der Waals surface area contributed by atoms with Gasteiger partial charge in [-0.05, 0) is 55.1 Å². The molecule has 138 valence electrons. The fourth-order valence-corrected chi connectivity index (χ4v) is 3.62. The average Bonchev–Trinajstić information content (AvgIpc) is 2.82. The molecule has 0 fully saturated rings. The fraction of sp³-hybridized carbons (Fsp3) is 0.200. The number of hydrogen-bond donors (Lipinski definition) is 0. The molecule has 0 radical (unpaired) electrons. The molecular formula is C20H18Cl2N4O. The second-order valence-electron chi connectivity index (χ2n) is 6.57. The van der Waals surface area contributed by atoms with Gasteiger partial charge in [-0.25, -0.2) is 0 Å². The van der Waals surface area contributed by atoms with Gasteiger partial charge in [0.05, 0.1) is 15.7 Å². The van der Waals surface area contributed by atoms with E-state index in [0.29, 0.717) is 10.0 Å². The minimum absolute atomic E-state index is 0.152. The zero-order valence-corrected chi connectivity index (χ0v) is 16.3. The molecule has 7 heteroatoms. The molecule has 0 saturated carbocycles. The highest BCUT2D eigenvalue weighted by molar-refractivity contribution is 6.42. The highest BCUT2D eigenvalue weighted by Crippen LogP contribution is 2.35. The van der Waals surface area contributed by atoms with Crippen LogP contribution in [0.4, 0.5) is 11.4 Å². The van der Waals surface area contributed by atoms with Crippen LogP contribution < -0.4 is 10.5 Å². The predicted octanol–water partition coefficient (Wildman–Crippen LogP) is 4.12. The molecule has 0 amide bonds. The molecule has 3 aromatic rings. The van der Waals surface area contributed by atoms with Gasteiger partial charge in [0.25, 0.3) is 5.56 Å². The van der Waals surface area contributed by atoms with Gasteiger partial charge in [0.2, 0.25) is 0 Å². The summed E-state index contributed by atoms with van der Waals surface area (Å²) in [4.78, 5) is 16.6. The minimum atomic E-state index is -0.152. The molecule has 0 spiro atoms. The van der Waals surface area contributed by atoms with Crippen LogP contribution in [0.5, 0.6) is 0 Å². The van der Waals surface area contributed by atoms with Crippen LogP contribution in [-0.2, 0) is 6.54 Å². The number of likely N-dealkylation sites (N-methyl/N-ethyl adjacent to an activating group) is 1. The topological polar surface area (TPSA) is 41.4 Å². The van der Waals surface area contributed by atoms with Crippen molar-refractivity contribution in [1.29, 1.82) is 0 Å². The first-order valence-corrected chi connectivity index (χ1v) is 9.37. The quantitative estimate of drug-likeness (QED) is 0.648. The molecule has 5 nitrogen and oxygen atoms in total. The van der Waals surface area contributed by atoms with Gasteiger partial charge < -0.3 is 9.80 Å². The van der Waals surface area contributed by atoms with Crippen molar-refractivity contribution in [2.45, 2.75) is 6.54 Å². The molecule has 27 heavy (non-hydrogen) atoms. The lowest BCUT2D eigenvalue weighted by molar-refractivity contribution is 0.343. The number of aromatic nitrogens is 2. The predicted molar refractivity (Wildman–Crippen MR) is 110 cm³/mol. The van der Waals surface area contributed by atoms with Crippen molar-refractivity contribution in [3.63, 3.8) is 0 Å². The lowest BCUT2D eigenvalue weighted by Crippen LogP contribution is -2.26. The summed E-state index contributed by atoms with van der Waals surface area (Å²) in [6, 6.07) is 14.8. The Labute approximate surface area is 167 Å². The first kappa shape index (κ1) is 18.0. The Morgan fingerprint density at radius 1 is 0.963 bits per heavy atom. The molecule has 4 rings (SSSR count). The Hall–Kier alpha value is -2.34. The summed E-state index contributed by atoms with van der Waals surface area (Å²) in [5, 5.41) is 5.25. The number of nitrogens with zero attached hydrogens (tertiary/aromatic N) is 4. The van der Waals surface area contributed by atoms with Crippen molar-refractivity contribution >= 4 is 34.6 Å². The normalized spacial score (nSPS) is 14.7. The van der Waals surface area contributed by atoms with E-state index in [1.54, 1.807) is 12.3 Å². The highest BCUT2D eigenvalue weighted by atomic mass is 35.5. The Bertz CT molecular complexity index is 1050. The zero-order chi connectivity index (χ0) is 19.0. The second-order valence-corrected chi connectivity index (χ2v) is 7.39. The third-order valence-corrected chi connectivity index (χ3v) is 5.41. The van der Waals surface area contributed by atoms with E-state index in [1.165, 1.54) is 10.7 Å². The van der Waals surface area contributed by atoms with Crippen LogP contribution >= 0.6 is 23.2 Å². The number of fused-ring (bicyclic) bond motifs is 1. The second kappa shape index (κ2) is 7.35. The van der Waals surface area contributed by atoms with Gasteiger partial charge in [0.15, 0.2) is 0 Å². The molecule has 2 heterocycles. The summed E-state index contributed by atoms with van der Waals surface area (Å²) in [5.74, 6) is 0. The van der Waals surface area contributed by atoms with Crippen LogP contribution in [0.25, 0.3) is 5.69 Å². The van der Waals surface area contributed by atoms with E-state index in [2.05, 4.69) is 21.9 Å². The molecule has 0 atom stereocenters. The highest BCUT2D eigenvalue weighted by Gasteiger charge is 2.20. The lowest BCUT2D eigenvalue weighted by atomic mass is 10.1. The van der Waals surface area contributed by atoms with Gasteiger partial charge in [-0.1, -0.05) is 23.2 Å². The molecule has 0 N–H and O–H groups in total. The molecule has 0 saturated heterocycles. The molecule has 0 unspecified atom stereocenters. The van der Waals surface area contributed by atoms with Gasteiger partial charge in [-0.3, -0.25) is 4.79 Å². The first-order valence-electron chi connectivity index (χ1n) is 8.62.